The van der Waals surface area contributed by atoms with Gasteiger partial charge in [-0.25, -0.2) is 9.48 Å². The lowest BCUT2D eigenvalue weighted by Crippen LogP contribution is -2.17. The molecule has 23 heavy (non-hydrogen) atoms. The summed E-state index contributed by atoms with van der Waals surface area (Å²) in [5, 5.41) is 13.2. The number of hydrogen-bond donors (Lipinski definition) is 1. The molecule has 1 aromatic heterocycles. The lowest BCUT2D eigenvalue weighted by molar-refractivity contribution is 0.0480. The smallest absolute Gasteiger partial charge is 0.341 e. The maximum absolute atomic E-state index is 12.3. The number of rotatable bonds is 6. The SMILES string of the molecule is CC(C)(C)Cc1c(C(=O)OCCCO)cnn1-c1ccccc1. The number of ether oxygens (including phenoxy) is 1. The van der Waals surface area contributed by atoms with Crippen molar-refractivity contribution in [3.8, 4) is 5.69 Å². The number of aliphatic hydroxyl groups excluding tert-OH is 1. The van der Waals surface area contributed by atoms with Crippen LogP contribution in [0.4, 0.5) is 0 Å². The number of carbonyl (C=O) groups is 1. The number of nitrogens with zero attached hydrogens (tertiary/aromatic N) is 2. The Hall–Kier alpha value is -2.14. The number of benzene rings is 1. The van der Waals surface area contributed by atoms with Gasteiger partial charge in [0.1, 0.15) is 5.56 Å². The number of para-hydroxylation sites is 1. The van der Waals surface area contributed by atoms with Crippen LogP contribution in [0.5, 0.6) is 0 Å². The molecule has 0 unspecified atom stereocenters. The van der Waals surface area contributed by atoms with E-state index in [0.717, 1.165) is 11.4 Å². The van der Waals surface area contributed by atoms with Crippen LogP contribution < -0.4 is 0 Å². The second-order valence-corrected chi connectivity index (χ2v) is 6.70. The van der Waals surface area contributed by atoms with Crippen LogP contribution in [0.3, 0.4) is 0 Å². The summed E-state index contributed by atoms with van der Waals surface area (Å²) in [6.45, 7) is 6.58. The lowest BCUT2D eigenvalue weighted by atomic mass is 9.89. The molecule has 2 rings (SSSR count). The normalized spacial score (nSPS) is 11.5. The van der Waals surface area contributed by atoms with Gasteiger partial charge in [0, 0.05) is 13.0 Å². The minimum absolute atomic E-state index is 0.00536. The molecule has 0 fully saturated rings. The van der Waals surface area contributed by atoms with Gasteiger partial charge in [0.2, 0.25) is 0 Å². The highest BCUT2D eigenvalue weighted by atomic mass is 16.5. The molecule has 2 aromatic rings. The predicted octanol–water partition coefficient (Wildman–Crippen LogP) is 3.00. The molecule has 0 radical (unpaired) electrons. The van der Waals surface area contributed by atoms with Gasteiger partial charge in [-0.2, -0.15) is 5.10 Å². The maximum Gasteiger partial charge on any atom is 0.341 e. The lowest BCUT2D eigenvalue weighted by Gasteiger charge is -2.20. The molecule has 0 saturated heterocycles. The number of aromatic nitrogens is 2. The fourth-order valence-electron chi connectivity index (χ4n) is 2.32. The Labute approximate surface area is 136 Å². The fourth-order valence-corrected chi connectivity index (χ4v) is 2.32. The van der Waals surface area contributed by atoms with Crippen molar-refractivity contribution >= 4 is 5.97 Å². The molecule has 1 N–H and O–H groups in total. The third kappa shape index (κ3) is 4.66. The summed E-state index contributed by atoms with van der Waals surface area (Å²) in [6.07, 6.45) is 2.70. The first kappa shape index (κ1) is 17.2. The first-order chi connectivity index (χ1) is 10.9. The Morgan fingerprint density at radius 3 is 2.57 bits per heavy atom. The molecule has 0 amide bonds. The minimum Gasteiger partial charge on any atom is -0.462 e. The largest absolute Gasteiger partial charge is 0.462 e. The fraction of sp³-hybridized carbons (Fsp3) is 0.444. The Bertz CT molecular complexity index is 642. The van der Waals surface area contributed by atoms with Crippen molar-refractivity contribution in [1.29, 1.82) is 0 Å². The highest BCUT2D eigenvalue weighted by molar-refractivity contribution is 5.90. The van der Waals surface area contributed by atoms with Crippen LogP contribution in [0.15, 0.2) is 36.5 Å². The number of esters is 1. The van der Waals surface area contributed by atoms with Crippen molar-refractivity contribution in [2.24, 2.45) is 5.41 Å². The minimum atomic E-state index is -0.389. The second kappa shape index (κ2) is 7.42. The molecular weight excluding hydrogens is 292 g/mol. The Balaban J connectivity index is 2.35. The van der Waals surface area contributed by atoms with E-state index in [1.54, 1.807) is 10.9 Å². The molecule has 1 heterocycles. The molecule has 0 saturated carbocycles. The Morgan fingerprint density at radius 1 is 1.26 bits per heavy atom. The first-order valence-electron chi connectivity index (χ1n) is 7.83. The zero-order chi connectivity index (χ0) is 16.9. The Morgan fingerprint density at radius 2 is 1.96 bits per heavy atom. The van der Waals surface area contributed by atoms with Crippen molar-refractivity contribution in [1.82, 2.24) is 9.78 Å². The van der Waals surface area contributed by atoms with Gasteiger partial charge in [0.15, 0.2) is 0 Å². The van der Waals surface area contributed by atoms with Crippen LogP contribution in [0.25, 0.3) is 5.69 Å². The monoisotopic (exact) mass is 316 g/mol. The van der Waals surface area contributed by atoms with Crippen molar-refractivity contribution in [2.75, 3.05) is 13.2 Å². The topological polar surface area (TPSA) is 64.3 Å². The molecule has 0 aliphatic carbocycles. The zero-order valence-electron chi connectivity index (χ0n) is 14.0. The molecule has 0 spiro atoms. The van der Waals surface area contributed by atoms with E-state index in [0.29, 0.717) is 18.4 Å². The summed E-state index contributed by atoms with van der Waals surface area (Å²) < 4.78 is 7.02. The van der Waals surface area contributed by atoms with Crippen molar-refractivity contribution in [3.63, 3.8) is 0 Å². The van der Waals surface area contributed by atoms with Gasteiger partial charge >= 0.3 is 5.97 Å². The van der Waals surface area contributed by atoms with E-state index in [9.17, 15) is 4.79 Å². The molecule has 124 valence electrons. The standard InChI is InChI=1S/C18H24N2O3/c1-18(2,3)12-16-15(17(22)23-11-7-10-21)13-19-20(16)14-8-5-4-6-9-14/h4-6,8-9,13,21H,7,10-12H2,1-3H3. The number of hydrogen-bond acceptors (Lipinski definition) is 4. The quantitative estimate of drug-likeness (QED) is 0.657. The van der Waals surface area contributed by atoms with Crippen LogP contribution in [0, 0.1) is 5.41 Å². The predicted molar refractivity (Wildman–Crippen MR) is 88.7 cm³/mol. The van der Waals surface area contributed by atoms with Gasteiger partial charge in [-0.1, -0.05) is 39.0 Å². The van der Waals surface area contributed by atoms with E-state index in [1.807, 2.05) is 30.3 Å². The highest BCUT2D eigenvalue weighted by Crippen LogP contribution is 2.25. The average Bonchev–Trinajstić information content (AvgIpc) is 2.90. The maximum atomic E-state index is 12.3. The van der Waals surface area contributed by atoms with E-state index in [2.05, 4.69) is 25.9 Å². The average molecular weight is 316 g/mol. The van der Waals surface area contributed by atoms with Crippen LogP contribution in [-0.4, -0.2) is 34.1 Å². The van der Waals surface area contributed by atoms with E-state index in [-0.39, 0.29) is 24.6 Å². The van der Waals surface area contributed by atoms with Gasteiger partial charge in [0.25, 0.3) is 0 Å². The van der Waals surface area contributed by atoms with Gasteiger partial charge in [-0.05, 0) is 24.0 Å². The van der Waals surface area contributed by atoms with E-state index in [1.165, 1.54) is 0 Å². The first-order valence-corrected chi connectivity index (χ1v) is 7.83. The highest BCUT2D eigenvalue weighted by Gasteiger charge is 2.24. The number of aliphatic hydroxyl groups is 1. The van der Waals surface area contributed by atoms with E-state index >= 15 is 0 Å². The van der Waals surface area contributed by atoms with Gasteiger partial charge in [-0.3, -0.25) is 0 Å². The molecule has 0 bridgehead atoms. The summed E-state index contributed by atoms with van der Waals surface area (Å²) in [6, 6.07) is 9.74. The molecule has 1 aromatic carbocycles. The summed E-state index contributed by atoms with van der Waals surface area (Å²) >= 11 is 0. The summed E-state index contributed by atoms with van der Waals surface area (Å²) in [5.74, 6) is -0.389. The van der Waals surface area contributed by atoms with E-state index in [4.69, 9.17) is 9.84 Å². The molecular formula is C18H24N2O3. The second-order valence-electron chi connectivity index (χ2n) is 6.70. The summed E-state index contributed by atoms with van der Waals surface area (Å²) in [5.41, 5.74) is 2.26. The molecule has 0 aliphatic rings. The van der Waals surface area contributed by atoms with Crippen LogP contribution in [0.1, 0.15) is 43.2 Å². The molecule has 5 heteroatoms. The van der Waals surface area contributed by atoms with Crippen molar-refractivity contribution < 1.29 is 14.6 Å². The van der Waals surface area contributed by atoms with Gasteiger partial charge in [0.05, 0.1) is 24.2 Å². The zero-order valence-corrected chi connectivity index (χ0v) is 14.0. The van der Waals surface area contributed by atoms with Gasteiger partial charge in [-0.15, -0.1) is 0 Å². The third-order valence-corrected chi connectivity index (χ3v) is 3.32. The van der Waals surface area contributed by atoms with Crippen molar-refractivity contribution in [2.45, 2.75) is 33.6 Å². The summed E-state index contributed by atoms with van der Waals surface area (Å²) in [4.78, 5) is 12.3. The van der Waals surface area contributed by atoms with Crippen LogP contribution in [-0.2, 0) is 11.2 Å². The third-order valence-electron chi connectivity index (χ3n) is 3.32. The van der Waals surface area contributed by atoms with E-state index < -0.39 is 0 Å². The van der Waals surface area contributed by atoms with Crippen LogP contribution >= 0.6 is 0 Å². The summed E-state index contributed by atoms with van der Waals surface area (Å²) in [7, 11) is 0. The molecule has 0 aliphatic heterocycles. The molecule has 0 atom stereocenters. The molecule has 5 nitrogen and oxygen atoms in total. The van der Waals surface area contributed by atoms with Crippen molar-refractivity contribution in [3.05, 3.63) is 47.8 Å². The Kier molecular flexibility index (Phi) is 5.55. The van der Waals surface area contributed by atoms with Gasteiger partial charge < -0.3 is 9.84 Å². The van der Waals surface area contributed by atoms with Crippen LogP contribution in [0.2, 0.25) is 0 Å². The number of carbonyl (C=O) groups excluding carboxylic acids is 1.